The molecule has 0 heterocycles. The van der Waals surface area contributed by atoms with Crippen molar-refractivity contribution in [2.24, 2.45) is 23.5 Å². The minimum atomic E-state index is -0.874. The van der Waals surface area contributed by atoms with Crippen LogP contribution in [0.2, 0.25) is 0 Å². The van der Waals surface area contributed by atoms with Crippen LogP contribution in [0, 0.1) is 29.4 Å². The third-order valence-electron chi connectivity index (χ3n) is 5.54. The van der Waals surface area contributed by atoms with Crippen molar-refractivity contribution in [3.63, 3.8) is 0 Å². The lowest BCUT2D eigenvalue weighted by molar-refractivity contribution is -0.137. The summed E-state index contributed by atoms with van der Waals surface area (Å²) in [4.78, 5) is 14.3. The summed E-state index contributed by atoms with van der Waals surface area (Å²) in [5, 5.41) is 0. The Morgan fingerprint density at radius 2 is 1.83 bits per heavy atom. The number of amides is 1. The minimum Gasteiger partial charge on any atom is -0.341 e. The molecule has 2 saturated carbocycles. The summed E-state index contributed by atoms with van der Waals surface area (Å²) in [7, 11) is 1.73. The van der Waals surface area contributed by atoms with Crippen molar-refractivity contribution in [1.29, 1.82) is 0 Å². The fraction of sp³-hybridized carbons (Fsp3) is 0.611. The van der Waals surface area contributed by atoms with Gasteiger partial charge in [-0.15, -0.1) is 12.4 Å². The molecule has 6 heteroatoms. The van der Waals surface area contributed by atoms with E-state index in [-0.39, 0.29) is 30.3 Å². The van der Waals surface area contributed by atoms with Crippen molar-refractivity contribution in [3.8, 4) is 0 Å². The van der Waals surface area contributed by atoms with Gasteiger partial charge >= 0.3 is 0 Å². The smallest absolute Gasteiger partial charge is 0.225 e. The first-order chi connectivity index (χ1) is 11.0. The molecule has 2 unspecified atom stereocenters. The van der Waals surface area contributed by atoms with Crippen LogP contribution in [-0.2, 0) is 11.3 Å². The fourth-order valence-corrected chi connectivity index (χ4v) is 4.29. The van der Waals surface area contributed by atoms with Crippen molar-refractivity contribution in [1.82, 2.24) is 4.90 Å². The van der Waals surface area contributed by atoms with Gasteiger partial charge in [0.2, 0.25) is 5.91 Å². The number of benzene rings is 1. The van der Waals surface area contributed by atoms with Crippen LogP contribution in [0.15, 0.2) is 18.2 Å². The van der Waals surface area contributed by atoms with E-state index in [0.29, 0.717) is 23.9 Å². The molecule has 0 radical (unpaired) electrons. The zero-order chi connectivity index (χ0) is 16.6. The van der Waals surface area contributed by atoms with Crippen LogP contribution in [-0.4, -0.2) is 23.9 Å². The van der Waals surface area contributed by atoms with Gasteiger partial charge in [0.15, 0.2) is 11.6 Å². The standard InChI is InChI=1S/C18H24F2N2O.ClH/c1-22(10-11-5-6-15(19)16(20)7-11)18(23)14-8-12-3-2-4-13(9-14)17(12)21;/h5-7,12-14,17H,2-4,8-10,21H2,1H3;1H. The molecule has 1 amide bonds. The second-order valence-electron chi connectivity index (χ2n) is 7.14. The highest BCUT2D eigenvalue weighted by Gasteiger charge is 2.41. The van der Waals surface area contributed by atoms with E-state index in [1.54, 1.807) is 11.9 Å². The highest BCUT2D eigenvalue weighted by Crippen LogP contribution is 2.42. The molecule has 2 aliphatic carbocycles. The Morgan fingerprint density at radius 3 is 2.42 bits per heavy atom. The fourth-order valence-electron chi connectivity index (χ4n) is 4.29. The zero-order valence-electron chi connectivity index (χ0n) is 13.9. The number of hydrogen-bond acceptors (Lipinski definition) is 2. The average molecular weight is 359 g/mol. The third kappa shape index (κ3) is 3.89. The van der Waals surface area contributed by atoms with E-state index in [4.69, 9.17) is 5.73 Å². The zero-order valence-corrected chi connectivity index (χ0v) is 14.7. The first-order valence-electron chi connectivity index (χ1n) is 8.40. The molecule has 0 spiro atoms. The minimum absolute atomic E-state index is 0. The van der Waals surface area contributed by atoms with Gasteiger partial charge in [-0.1, -0.05) is 12.5 Å². The number of carbonyl (C=O) groups is 1. The highest BCUT2D eigenvalue weighted by molar-refractivity contribution is 5.85. The quantitative estimate of drug-likeness (QED) is 0.898. The lowest BCUT2D eigenvalue weighted by Gasteiger charge is -2.44. The number of rotatable bonds is 3. The van der Waals surface area contributed by atoms with Crippen LogP contribution in [0.1, 0.15) is 37.7 Å². The van der Waals surface area contributed by atoms with Gasteiger partial charge < -0.3 is 10.6 Å². The van der Waals surface area contributed by atoms with Crippen LogP contribution >= 0.6 is 12.4 Å². The highest BCUT2D eigenvalue weighted by atomic mass is 35.5. The summed E-state index contributed by atoms with van der Waals surface area (Å²) in [6.45, 7) is 0.300. The maximum Gasteiger partial charge on any atom is 0.225 e. The normalized spacial score (nSPS) is 28.8. The van der Waals surface area contributed by atoms with E-state index < -0.39 is 11.6 Å². The van der Waals surface area contributed by atoms with Crippen molar-refractivity contribution >= 4 is 18.3 Å². The third-order valence-corrected chi connectivity index (χ3v) is 5.54. The van der Waals surface area contributed by atoms with Crippen molar-refractivity contribution in [2.45, 2.75) is 44.7 Å². The Morgan fingerprint density at radius 1 is 1.21 bits per heavy atom. The Balaban J connectivity index is 0.00000208. The number of hydrogen-bond donors (Lipinski definition) is 1. The summed E-state index contributed by atoms with van der Waals surface area (Å²) >= 11 is 0. The van der Waals surface area contributed by atoms with Crippen molar-refractivity contribution < 1.29 is 13.6 Å². The first-order valence-corrected chi connectivity index (χ1v) is 8.40. The molecule has 1 aromatic rings. The van der Waals surface area contributed by atoms with Crippen LogP contribution in [0.4, 0.5) is 8.78 Å². The predicted octanol–water partition coefficient (Wildman–Crippen LogP) is 3.50. The largest absolute Gasteiger partial charge is 0.341 e. The second-order valence-corrected chi connectivity index (χ2v) is 7.14. The average Bonchev–Trinajstić information content (AvgIpc) is 2.50. The molecule has 2 N–H and O–H groups in total. The molecular formula is C18H25ClF2N2O. The van der Waals surface area contributed by atoms with Crippen molar-refractivity contribution in [2.75, 3.05) is 7.05 Å². The van der Waals surface area contributed by atoms with Gasteiger partial charge in [0.1, 0.15) is 0 Å². The second kappa shape index (κ2) is 7.79. The van der Waals surface area contributed by atoms with Crippen molar-refractivity contribution in [3.05, 3.63) is 35.4 Å². The topological polar surface area (TPSA) is 46.3 Å². The van der Waals surface area contributed by atoms with E-state index in [0.717, 1.165) is 37.8 Å². The molecule has 2 atom stereocenters. The van der Waals surface area contributed by atoms with Gasteiger partial charge in [-0.2, -0.15) is 0 Å². The molecular weight excluding hydrogens is 334 g/mol. The molecule has 2 bridgehead atoms. The number of nitrogens with two attached hydrogens (primary N) is 1. The summed E-state index contributed by atoms with van der Waals surface area (Å²) in [5.41, 5.74) is 6.88. The molecule has 2 fully saturated rings. The molecule has 24 heavy (non-hydrogen) atoms. The Kier molecular flexibility index (Phi) is 6.21. The summed E-state index contributed by atoms with van der Waals surface area (Å²) in [5.74, 6) is -0.724. The van der Waals surface area contributed by atoms with E-state index >= 15 is 0 Å². The van der Waals surface area contributed by atoms with E-state index in [2.05, 4.69) is 0 Å². The van der Waals surface area contributed by atoms with Crippen LogP contribution < -0.4 is 5.73 Å². The van der Waals surface area contributed by atoms with Gasteiger partial charge in [0, 0.05) is 25.6 Å². The van der Waals surface area contributed by atoms with Gasteiger partial charge in [-0.05, 0) is 55.2 Å². The Labute approximate surface area is 148 Å². The SMILES string of the molecule is CN(Cc1ccc(F)c(F)c1)C(=O)C1CC2CCCC(C1)C2N.Cl. The molecule has 1 aromatic carbocycles. The molecule has 2 aliphatic rings. The number of fused-ring (bicyclic) bond motifs is 2. The van der Waals surface area contributed by atoms with E-state index in [1.165, 1.54) is 12.5 Å². The lowest BCUT2D eigenvalue weighted by Crippen LogP contribution is -2.49. The molecule has 134 valence electrons. The lowest BCUT2D eigenvalue weighted by atomic mass is 9.65. The van der Waals surface area contributed by atoms with Crippen LogP contribution in [0.5, 0.6) is 0 Å². The predicted molar refractivity (Wildman–Crippen MR) is 91.6 cm³/mol. The summed E-state index contributed by atoms with van der Waals surface area (Å²) < 4.78 is 26.3. The number of carbonyl (C=O) groups excluding carboxylic acids is 1. The maximum absolute atomic E-state index is 13.3. The van der Waals surface area contributed by atoms with E-state index in [1.807, 2.05) is 0 Å². The van der Waals surface area contributed by atoms with Crippen LogP contribution in [0.3, 0.4) is 0 Å². The monoisotopic (exact) mass is 358 g/mol. The van der Waals surface area contributed by atoms with Crippen LogP contribution in [0.25, 0.3) is 0 Å². The molecule has 3 rings (SSSR count). The molecule has 0 aromatic heterocycles. The number of nitrogens with zero attached hydrogens (tertiary/aromatic N) is 1. The first kappa shape index (κ1) is 19.1. The molecule has 0 aliphatic heterocycles. The molecule has 3 nitrogen and oxygen atoms in total. The Hall–Kier alpha value is -1.20. The Bertz CT molecular complexity index is 584. The number of halogens is 3. The molecule has 0 saturated heterocycles. The van der Waals surface area contributed by atoms with Gasteiger partial charge in [-0.25, -0.2) is 8.78 Å². The maximum atomic E-state index is 13.3. The van der Waals surface area contributed by atoms with Gasteiger partial charge in [0.25, 0.3) is 0 Å². The van der Waals surface area contributed by atoms with E-state index in [9.17, 15) is 13.6 Å². The summed E-state index contributed by atoms with van der Waals surface area (Å²) in [6.07, 6.45) is 5.18. The van der Waals surface area contributed by atoms with Gasteiger partial charge in [0.05, 0.1) is 0 Å². The summed E-state index contributed by atoms with van der Waals surface area (Å²) in [6, 6.07) is 4.02. The van der Waals surface area contributed by atoms with Gasteiger partial charge in [-0.3, -0.25) is 4.79 Å².